The summed E-state index contributed by atoms with van der Waals surface area (Å²) in [6, 6.07) is 16.2. The molecule has 3 N–H and O–H groups in total. The summed E-state index contributed by atoms with van der Waals surface area (Å²) < 4.78 is 1.52. The number of carbonyl (C=O) groups excluding carboxylic acids is 1. The van der Waals surface area contributed by atoms with Crippen molar-refractivity contribution in [2.24, 2.45) is 7.05 Å². The van der Waals surface area contributed by atoms with Crippen LogP contribution in [0.4, 0.5) is 17.5 Å². The molecule has 0 bridgehead atoms. The second-order valence-corrected chi connectivity index (χ2v) is 7.77. The molecule has 1 atom stereocenters. The third-order valence-corrected chi connectivity index (χ3v) is 5.14. The van der Waals surface area contributed by atoms with E-state index in [4.69, 9.17) is 0 Å². The van der Waals surface area contributed by atoms with Gasteiger partial charge in [-0.15, -0.1) is 5.10 Å². The van der Waals surface area contributed by atoms with Crippen molar-refractivity contribution in [1.82, 2.24) is 35.1 Å². The summed E-state index contributed by atoms with van der Waals surface area (Å²) in [5.74, 6) is 1.19. The van der Waals surface area contributed by atoms with Gasteiger partial charge in [-0.05, 0) is 40.3 Å². The average Bonchev–Trinajstić information content (AvgIpc) is 3.28. The highest BCUT2D eigenvalue weighted by molar-refractivity contribution is 5.94. The Morgan fingerprint density at radius 2 is 1.85 bits per heavy atom. The third kappa shape index (κ3) is 4.99. The lowest BCUT2D eigenvalue weighted by atomic mass is 10.1. The molecule has 2 aromatic heterocycles. The van der Waals surface area contributed by atoms with Crippen LogP contribution in [0.5, 0.6) is 0 Å². The molecule has 0 saturated carbocycles. The fraction of sp³-hybridized carbons (Fsp3) is 0.217. The van der Waals surface area contributed by atoms with Gasteiger partial charge in [0, 0.05) is 38.6 Å². The van der Waals surface area contributed by atoms with Crippen molar-refractivity contribution in [3.8, 4) is 11.4 Å². The van der Waals surface area contributed by atoms with Crippen LogP contribution in [-0.2, 0) is 7.05 Å². The number of aliphatic hydroxyl groups excluding tert-OH is 1. The minimum Gasteiger partial charge on any atom is -0.394 e. The molecule has 2 heterocycles. The van der Waals surface area contributed by atoms with Crippen LogP contribution in [-0.4, -0.2) is 66.8 Å². The topological polar surface area (TPSA) is 134 Å². The molecule has 0 unspecified atom stereocenters. The van der Waals surface area contributed by atoms with E-state index in [9.17, 15) is 9.90 Å². The predicted molar refractivity (Wildman–Crippen MR) is 127 cm³/mol. The maximum atomic E-state index is 12.1. The first-order valence-corrected chi connectivity index (χ1v) is 10.6. The highest BCUT2D eigenvalue weighted by Crippen LogP contribution is 2.28. The molecule has 0 aliphatic carbocycles. The minimum absolute atomic E-state index is 0.0770. The number of hydrogen-bond donors (Lipinski definition) is 3. The van der Waals surface area contributed by atoms with Crippen LogP contribution in [0.2, 0.25) is 0 Å². The number of amides is 1. The van der Waals surface area contributed by atoms with E-state index in [0.29, 0.717) is 28.7 Å². The van der Waals surface area contributed by atoms with E-state index in [1.807, 2.05) is 30.3 Å². The Bertz CT molecular complexity index is 1260. The highest BCUT2D eigenvalue weighted by Gasteiger charge is 2.19. The van der Waals surface area contributed by atoms with Crippen molar-refractivity contribution in [3.63, 3.8) is 0 Å². The number of aryl methyl sites for hydroxylation is 1. The number of rotatable bonds is 8. The monoisotopic (exact) mass is 459 g/mol. The number of nitrogens with zero attached hydrogens (tertiary/aromatic N) is 7. The molecule has 11 heteroatoms. The Kier molecular flexibility index (Phi) is 6.74. The molecule has 0 fully saturated rings. The Morgan fingerprint density at radius 1 is 1.12 bits per heavy atom. The van der Waals surface area contributed by atoms with Crippen LogP contribution in [0.15, 0.2) is 60.8 Å². The normalized spacial score (nSPS) is 11.6. The van der Waals surface area contributed by atoms with E-state index in [0.717, 1.165) is 11.3 Å². The molecule has 0 radical (unpaired) electrons. The van der Waals surface area contributed by atoms with E-state index in [1.54, 1.807) is 51.6 Å². The second-order valence-electron chi connectivity index (χ2n) is 7.77. The zero-order valence-corrected chi connectivity index (χ0v) is 19.0. The number of hydrogen-bond acceptors (Lipinski definition) is 9. The second kappa shape index (κ2) is 10.0. The van der Waals surface area contributed by atoms with Crippen LogP contribution in [0, 0.1) is 0 Å². The summed E-state index contributed by atoms with van der Waals surface area (Å²) in [5, 5.41) is 28.1. The van der Waals surface area contributed by atoms with E-state index in [1.165, 1.54) is 9.58 Å². The lowest BCUT2D eigenvalue weighted by molar-refractivity contribution is 0.0827. The van der Waals surface area contributed by atoms with E-state index >= 15 is 0 Å². The Morgan fingerprint density at radius 3 is 2.47 bits per heavy atom. The van der Waals surface area contributed by atoms with Crippen molar-refractivity contribution in [1.29, 1.82) is 0 Å². The summed E-state index contributed by atoms with van der Waals surface area (Å²) in [6.07, 6.45) is 1.62. The number of carbonyl (C=O) groups is 1. The maximum Gasteiger partial charge on any atom is 0.253 e. The van der Waals surface area contributed by atoms with Crippen LogP contribution in [0.25, 0.3) is 11.4 Å². The van der Waals surface area contributed by atoms with Gasteiger partial charge in [-0.1, -0.05) is 30.3 Å². The molecule has 2 aromatic carbocycles. The molecule has 0 saturated heterocycles. The van der Waals surface area contributed by atoms with Crippen molar-refractivity contribution >= 4 is 23.4 Å². The van der Waals surface area contributed by atoms with E-state index < -0.39 is 6.04 Å². The number of nitrogens with one attached hydrogen (secondary N) is 2. The molecule has 0 spiro atoms. The van der Waals surface area contributed by atoms with Gasteiger partial charge >= 0.3 is 0 Å². The Labute approximate surface area is 196 Å². The molecule has 174 valence electrons. The number of tetrazole rings is 1. The number of aromatic nitrogens is 6. The van der Waals surface area contributed by atoms with E-state index in [2.05, 4.69) is 36.1 Å². The highest BCUT2D eigenvalue weighted by atomic mass is 16.3. The fourth-order valence-corrected chi connectivity index (χ4v) is 3.34. The Balaban J connectivity index is 1.65. The number of anilines is 3. The van der Waals surface area contributed by atoms with Gasteiger partial charge in [0.15, 0.2) is 5.82 Å². The van der Waals surface area contributed by atoms with Crippen LogP contribution >= 0.6 is 0 Å². The van der Waals surface area contributed by atoms with Crippen LogP contribution < -0.4 is 10.6 Å². The molecule has 34 heavy (non-hydrogen) atoms. The standard InChI is InChI=1S/C23H25N9O2/c1-31(2)22(34)16-9-11-17(12-10-16)25-23-24-13-18(21-28-29-30-32(21)3)20(27-23)26-19(14-33)15-7-5-4-6-8-15/h4-13,19,33H,14H2,1-3H3,(H2,24,25,26,27)/t19-/m1/s1. The van der Waals surface area contributed by atoms with Crippen molar-refractivity contribution in [3.05, 3.63) is 71.9 Å². The maximum absolute atomic E-state index is 12.1. The van der Waals surface area contributed by atoms with Crippen LogP contribution in [0.1, 0.15) is 22.0 Å². The number of benzene rings is 2. The predicted octanol–water partition coefficient (Wildman–Crippen LogP) is 2.26. The van der Waals surface area contributed by atoms with Gasteiger partial charge in [0.2, 0.25) is 5.95 Å². The lowest BCUT2D eigenvalue weighted by Crippen LogP contribution is -2.21. The minimum atomic E-state index is -0.403. The van der Waals surface area contributed by atoms with Crippen molar-refractivity contribution < 1.29 is 9.90 Å². The first-order chi connectivity index (χ1) is 16.5. The molecule has 0 aliphatic rings. The molecule has 4 rings (SSSR count). The summed E-state index contributed by atoms with van der Waals surface area (Å²) in [6.45, 7) is -0.144. The average molecular weight is 460 g/mol. The molecule has 1 amide bonds. The van der Waals surface area contributed by atoms with Crippen LogP contribution in [0.3, 0.4) is 0 Å². The zero-order chi connectivity index (χ0) is 24.1. The van der Waals surface area contributed by atoms with Crippen molar-refractivity contribution in [2.75, 3.05) is 31.3 Å². The van der Waals surface area contributed by atoms with E-state index in [-0.39, 0.29) is 12.5 Å². The zero-order valence-electron chi connectivity index (χ0n) is 19.0. The molecule has 11 nitrogen and oxygen atoms in total. The van der Waals surface area contributed by atoms with Gasteiger partial charge in [0.1, 0.15) is 5.82 Å². The molecule has 0 aliphatic heterocycles. The number of aliphatic hydroxyl groups is 1. The fourth-order valence-electron chi connectivity index (χ4n) is 3.34. The molecular weight excluding hydrogens is 434 g/mol. The van der Waals surface area contributed by atoms with Gasteiger partial charge in [-0.2, -0.15) is 4.98 Å². The first-order valence-electron chi connectivity index (χ1n) is 10.6. The smallest absolute Gasteiger partial charge is 0.253 e. The Hall–Kier alpha value is -4.38. The van der Waals surface area contributed by atoms with Gasteiger partial charge in [0.05, 0.1) is 18.2 Å². The summed E-state index contributed by atoms with van der Waals surface area (Å²) in [4.78, 5) is 22.7. The van der Waals surface area contributed by atoms with Gasteiger partial charge < -0.3 is 20.6 Å². The lowest BCUT2D eigenvalue weighted by Gasteiger charge is -2.19. The van der Waals surface area contributed by atoms with Crippen molar-refractivity contribution in [2.45, 2.75) is 6.04 Å². The SMILES string of the molecule is CN(C)C(=O)c1ccc(Nc2ncc(-c3nnnn3C)c(N[C@H](CO)c3ccccc3)n2)cc1. The third-order valence-electron chi connectivity index (χ3n) is 5.14. The summed E-state index contributed by atoms with van der Waals surface area (Å²) in [7, 11) is 5.14. The summed E-state index contributed by atoms with van der Waals surface area (Å²) >= 11 is 0. The first kappa shape index (κ1) is 22.8. The quantitative estimate of drug-likeness (QED) is 0.363. The largest absolute Gasteiger partial charge is 0.394 e. The molecule has 4 aromatic rings. The molecular formula is C23H25N9O2. The van der Waals surface area contributed by atoms with Gasteiger partial charge in [-0.25, -0.2) is 9.67 Å². The summed E-state index contributed by atoms with van der Waals surface area (Å²) in [5.41, 5.74) is 2.79. The van der Waals surface area contributed by atoms with Gasteiger partial charge in [-0.3, -0.25) is 4.79 Å². The van der Waals surface area contributed by atoms with Gasteiger partial charge in [0.25, 0.3) is 5.91 Å².